The second kappa shape index (κ2) is 3.03. The Bertz CT molecular complexity index is 258. The van der Waals surface area contributed by atoms with E-state index < -0.39 is 0 Å². The maximum atomic E-state index is 5.14. The summed E-state index contributed by atoms with van der Waals surface area (Å²) >= 11 is 0. The van der Waals surface area contributed by atoms with Crippen molar-refractivity contribution in [3.63, 3.8) is 0 Å². The van der Waals surface area contributed by atoms with Crippen LogP contribution in [0.15, 0.2) is 18.3 Å². The lowest BCUT2D eigenvalue weighted by Crippen LogP contribution is -1.89. The van der Waals surface area contributed by atoms with Crippen molar-refractivity contribution in [1.29, 1.82) is 0 Å². The fourth-order valence-corrected chi connectivity index (χ4v) is 0.800. The zero-order valence-electron chi connectivity index (χ0n) is 5.96. The maximum Gasteiger partial charge on any atom is 0.0551 e. The molecular formula is C9H9N. The van der Waals surface area contributed by atoms with E-state index in [0.717, 1.165) is 5.69 Å². The van der Waals surface area contributed by atoms with Crippen molar-refractivity contribution in [3.05, 3.63) is 29.6 Å². The average Bonchev–Trinajstić information content (AvgIpc) is 1.94. The Morgan fingerprint density at radius 2 is 2.50 bits per heavy atom. The number of hydrogen-bond acceptors (Lipinski definition) is 1. The molecule has 50 valence electrons. The second-order valence-electron chi connectivity index (χ2n) is 2.15. The summed E-state index contributed by atoms with van der Waals surface area (Å²) < 4.78 is 0. The number of aryl methyl sites for hydroxylation is 1. The van der Waals surface area contributed by atoms with Crippen LogP contribution >= 0.6 is 0 Å². The summed E-state index contributed by atoms with van der Waals surface area (Å²) in [5, 5.41) is 0. The first-order valence-corrected chi connectivity index (χ1v) is 3.18. The van der Waals surface area contributed by atoms with Crippen LogP contribution < -0.4 is 0 Å². The quantitative estimate of drug-likeness (QED) is 0.527. The SMILES string of the molecule is C#CCc1ncccc1C. The molecule has 0 aromatic carbocycles. The highest BCUT2D eigenvalue weighted by molar-refractivity contribution is 5.21. The molecule has 0 fully saturated rings. The van der Waals surface area contributed by atoms with Gasteiger partial charge in [-0.3, -0.25) is 4.98 Å². The van der Waals surface area contributed by atoms with Crippen LogP contribution in [-0.2, 0) is 6.42 Å². The topological polar surface area (TPSA) is 12.9 Å². The monoisotopic (exact) mass is 131 g/mol. The zero-order valence-corrected chi connectivity index (χ0v) is 5.96. The van der Waals surface area contributed by atoms with Crippen LogP contribution in [0, 0.1) is 19.3 Å². The predicted molar refractivity (Wildman–Crippen MR) is 41.5 cm³/mol. The van der Waals surface area contributed by atoms with Crippen LogP contribution in [0.5, 0.6) is 0 Å². The highest BCUT2D eigenvalue weighted by atomic mass is 14.7. The summed E-state index contributed by atoms with van der Waals surface area (Å²) in [6.45, 7) is 2.01. The van der Waals surface area contributed by atoms with Crippen molar-refractivity contribution in [2.45, 2.75) is 13.3 Å². The van der Waals surface area contributed by atoms with E-state index in [4.69, 9.17) is 6.42 Å². The third kappa shape index (κ3) is 1.35. The second-order valence-corrected chi connectivity index (χ2v) is 2.15. The first kappa shape index (κ1) is 6.82. The molecule has 0 bridgehead atoms. The molecular weight excluding hydrogens is 122 g/mol. The van der Waals surface area contributed by atoms with Crippen LogP contribution in [0.3, 0.4) is 0 Å². The molecule has 10 heavy (non-hydrogen) atoms. The normalized spacial score (nSPS) is 8.80. The molecule has 1 heterocycles. The van der Waals surface area contributed by atoms with Crippen molar-refractivity contribution >= 4 is 0 Å². The molecule has 1 nitrogen and oxygen atoms in total. The van der Waals surface area contributed by atoms with E-state index in [1.54, 1.807) is 6.20 Å². The maximum absolute atomic E-state index is 5.14. The average molecular weight is 131 g/mol. The van der Waals surface area contributed by atoms with Gasteiger partial charge >= 0.3 is 0 Å². The number of hydrogen-bond donors (Lipinski definition) is 0. The minimum atomic E-state index is 0.632. The van der Waals surface area contributed by atoms with Gasteiger partial charge in [0.15, 0.2) is 0 Å². The smallest absolute Gasteiger partial charge is 0.0551 e. The van der Waals surface area contributed by atoms with Crippen LogP contribution in [0.1, 0.15) is 11.3 Å². The molecule has 0 saturated carbocycles. The summed E-state index contributed by atoms with van der Waals surface area (Å²) in [7, 11) is 0. The minimum absolute atomic E-state index is 0.632. The summed E-state index contributed by atoms with van der Waals surface area (Å²) in [6, 6.07) is 3.93. The molecule has 0 spiro atoms. The summed E-state index contributed by atoms with van der Waals surface area (Å²) in [5.41, 5.74) is 2.17. The van der Waals surface area contributed by atoms with Gasteiger partial charge < -0.3 is 0 Å². The molecule has 1 rings (SSSR count). The lowest BCUT2D eigenvalue weighted by atomic mass is 10.2. The molecule has 0 radical (unpaired) electrons. The van der Waals surface area contributed by atoms with Gasteiger partial charge in [0.25, 0.3) is 0 Å². The number of pyridine rings is 1. The van der Waals surface area contributed by atoms with E-state index in [9.17, 15) is 0 Å². The van der Waals surface area contributed by atoms with Gasteiger partial charge in [-0.15, -0.1) is 12.3 Å². The van der Waals surface area contributed by atoms with E-state index in [1.165, 1.54) is 5.56 Å². The van der Waals surface area contributed by atoms with Gasteiger partial charge in [0, 0.05) is 6.20 Å². The third-order valence-electron chi connectivity index (χ3n) is 1.39. The molecule has 0 unspecified atom stereocenters. The van der Waals surface area contributed by atoms with E-state index in [-0.39, 0.29) is 0 Å². The molecule has 1 heteroatoms. The highest BCUT2D eigenvalue weighted by Gasteiger charge is 1.93. The Morgan fingerprint density at radius 3 is 3.10 bits per heavy atom. The number of rotatable bonds is 1. The summed E-state index contributed by atoms with van der Waals surface area (Å²) in [4.78, 5) is 4.13. The van der Waals surface area contributed by atoms with Crippen LogP contribution in [0.25, 0.3) is 0 Å². The van der Waals surface area contributed by atoms with Gasteiger partial charge in [0.05, 0.1) is 12.1 Å². The van der Waals surface area contributed by atoms with E-state index in [1.807, 2.05) is 19.1 Å². The Balaban J connectivity index is 2.94. The Labute approximate surface area is 61.1 Å². The molecule has 0 N–H and O–H groups in total. The van der Waals surface area contributed by atoms with Gasteiger partial charge in [0.1, 0.15) is 0 Å². The van der Waals surface area contributed by atoms with Gasteiger partial charge in [0.2, 0.25) is 0 Å². The van der Waals surface area contributed by atoms with Crippen molar-refractivity contribution in [2.75, 3.05) is 0 Å². The van der Waals surface area contributed by atoms with E-state index in [2.05, 4.69) is 10.9 Å². The standard InChI is InChI=1S/C9H9N/c1-3-5-9-8(2)6-4-7-10-9/h1,4,6-7H,5H2,2H3. The molecule has 0 aliphatic heterocycles. The predicted octanol–water partition coefficient (Wildman–Crippen LogP) is 1.57. The first-order valence-electron chi connectivity index (χ1n) is 3.18. The zero-order chi connectivity index (χ0) is 7.40. The fraction of sp³-hybridized carbons (Fsp3) is 0.222. The van der Waals surface area contributed by atoms with E-state index in [0.29, 0.717) is 6.42 Å². The molecule has 0 saturated heterocycles. The number of nitrogens with zero attached hydrogens (tertiary/aromatic N) is 1. The number of aromatic nitrogens is 1. The minimum Gasteiger partial charge on any atom is -0.260 e. The Morgan fingerprint density at radius 1 is 1.70 bits per heavy atom. The molecule has 0 atom stereocenters. The largest absolute Gasteiger partial charge is 0.260 e. The molecule has 1 aromatic heterocycles. The highest BCUT2D eigenvalue weighted by Crippen LogP contribution is 2.02. The molecule has 0 aliphatic rings. The molecule has 0 aliphatic carbocycles. The first-order chi connectivity index (χ1) is 4.84. The summed E-state index contributed by atoms with van der Waals surface area (Å²) in [6.07, 6.45) is 7.53. The Kier molecular flexibility index (Phi) is 2.07. The number of terminal acetylenes is 1. The lowest BCUT2D eigenvalue weighted by molar-refractivity contribution is 1.09. The van der Waals surface area contributed by atoms with Crippen LogP contribution in [0.2, 0.25) is 0 Å². The van der Waals surface area contributed by atoms with Gasteiger partial charge in [-0.2, -0.15) is 0 Å². The lowest BCUT2D eigenvalue weighted by Gasteiger charge is -1.96. The van der Waals surface area contributed by atoms with Crippen LogP contribution in [-0.4, -0.2) is 4.98 Å². The van der Waals surface area contributed by atoms with Crippen molar-refractivity contribution in [3.8, 4) is 12.3 Å². The Hall–Kier alpha value is -1.29. The fourth-order valence-electron chi connectivity index (χ4n) is 0.800. The molecule has 0 amide bonds. The van der Waals surface area contributed by atoms with Gasteiger partial charge in [-0.1, -0.05) is 6.07 Å². The summed E-state index contributed by atoms with van der Waals surface area (Å²) in [5.74, 6) is 2.56. The van der Waals surface area contributed by atoms with Crippen molar-refractivity contribution in [1.82, 2.24) is 4.98 Å². The van der Waals surface area contributed by atoms with Crippen LogP contribution in [0.4, 0.5) is 0 Å². The molecule has 1 aromatic rings. The third-order valence-corrected chi connectivity index (χ3v) is 1.39. The van der Waals surface area contributed by atoms with Gasteiger partial charge in [-0.25, -0.2) is 0 Å². The van der Waals surface area contributed by atoms with Crippen molar-refractivity contribution < 1.29 is 0 Å². The van der Waals surface area contributed by atoms with E-state index >= 15 is 0 Å². The van der Waals surface area contributed by atoms with Gasteiger partial charge in [-0.05, 0) is 18.6 Å². The van der Waals surface area contributed by atoms with Crippen molar-refractivity contribution in [2.24, 2.45) is 0 Å².